The molecule has 3 rings (SSSR count). The van der Waals surface area contributed by atoms with E-state index >= 15 is 0 Å². The Hall–Kier alpha value is -3.51. The van der Waals surface area contributed by atoms with Gasteiger partial charge in [0.15, 0.2) is 0 Å². The predicted octanol–water partition coefficient (Wildman–Crippen LogP) is 2.24. The van der Waals surface area contributed by atoms with Crippen LogP contribution < -0.4 is 10.6 Å². The van der Waals surface area contributed by atoms with Crippen LogP contribution in [0.2, 0.25) is 0 Å². The van der Waals surface area contributed by atoms with Crippen molar-refractivity contribution in [3.63, 3.8) is 0 Å². The second-order valence-electron chi connectivity index (χ2n) is 7.64. The number of amides is 2. The van der Waals surface area contributed by atoms with Crippen molar-refractivity contribution in [2.24, 2.45) is 13.0 Å². The predicted molar refractivity (Wildman–Crippen MR) is 110 cm³/mol. The van der Waals surface area contributed by atoms with Gasteiger partial charge in [-0.05, 0) is 44.5 Å². The Morgan fingerprint density at radius 3 is 2.55 bits per heavy atom. The minimum atomic E-state index is -0.736. The summed E-state index contributed by atoms with van der Waals surface area (Å²) in [6.07, 6.45) is 0. The highest BCUT2D eigenvalue weighted by Crippen LogP contribution is 2.24. The molecule has 0 saturated carbocycles. The summed E-state index contributed by atoms with van der Waals surface area (Å²) in [5.41, 5.74) is 1.23. The third-order valence-electron chi connectivity index (χ3n) is 5.65. The number of Topliss-reactive ketones (excluding diaryl/α,β-unsaturated/α-hetero) is 1. The van der Waals surface area contributed by atoms with E-state index in [0.29, 0.717) is 24.5 Å². The molecule has 8 nitrogen and oxygen atoms in total. The molecule has 1 saturated heterocycles. The molecule has 1 atom stereocenters. The third-order valence-corrected chi connectivity index (χ3v) is 5.65. The van der Waals surface area contributed by atoms with Crippen LogP contribution in [0.5, 0.6) is 0 Å². The van der Waals surface area contributed by atoms with Crippen LogP contribution in [0, 0.1) is 36.9 Å². The average Bonchev–Trinajstić information content (AvgIpc) is 2.89. The molecule has 0 bridgehead atoms. The van der Waals surface area contributed by atoms with Crippen LogP contribution in [-0.4, -0.2) is 41.4 Å². The first-order chi connectivity index (χ1) is 14.6. The van der Waals surface area contributed by atoms with Gasteiger partial charge in [-0.2, -0.15) is 5.26 Å². The molecule has 0 aliphatic carbocycles. The van der Waals surface area contributed by atoms with Gasteiger partial charge in [0.05, 0.1) is 24.3 Å². The Morgan fingerprint density at radius 1 is 1.29 bits per heavy atom. The molecule has 1 aromatic carbocycles. The van der Waals surface area contributed by atoms with E-state index in [-0.39, 0.29) is 34.5 Å². The van der Waals surface area contributed by atoms with Gasteiger partial charge >= 0.3 is 0 Å². The van der Waals surface area contributed by atoms with Crippen LogP contribution in [0.25, 0.3) is 0 Å². The number of nitrogens with zero attached hydrogens (tertiary/aromatic N) is 2. The minimum Gasteiger partial charge on any atom is -0.381 e. The molecule has 2 N–H and O–H groups in total. The molecule has 1 aromatic heterocycles. The summed E-state index contributed by atoms with van der Waals surface area (Å²) in [5, 5.41) is 14.3. The van der Waals surface area contributed by atoms with Crippen molar-refractivity contribution >= 4 is 23.3 Å². The van der Waals surface area contributed by atoms with Crippen LogP contribution >= 0.6 is 0 Å². The lowest BCUT2D eigenvalue weighted by Gasteiger charge is -2.31. The number of hydrogen-bond donors (Lipinski definition) is 2. The van der Waals surface area contributed by atoms with Gasteiger partial charge in [-0.3, -0.25) is 14.4 Å². The number of ether oxygens (including phenoxy) is 1. The highest BCUT2D eigenvalue weighted by Gasteiger charge is 2.32. The molecule has 0 unspecified atom stereocenters. The molecule has 162 valence electrons. The summed E-state index contributed by atoms with van der Waals surface area (Å²) in [5.74, 6) is -2.51. The van der Waals surface area contributed by atoms with E-state index in [1.165, 1.54) is 16.7 Å². The monoisotopic (exact) mass is 426 g/mol. The second kappa shape index (κ2) is 8.70. The van der Waals surface area contributed by atoms with Gasteiger partial charge in [0, 0.05) is 30.4 Å². The summed E-state index contributed by atoms with van der Waals surface area (Å²) in [6, 6.07) is 5.16. The number of rotatable bonds is 6. The summed E-state index contributed by atoms with van der Waals surface area (Å²) >= 11 is 0. The Labute approximate surface area is 179 Å². The summed E-state index contributed by atoms with van der Waals surface area (Å²) in [7, 11) is 1.62. The van der Waals surface area contributed by atoms with Crippen molar-refractivity contribution in [3.05, 3.63) is 52.1 Å². The van der Waals surface area contributed by atoms with Gasteiger partial charge in [0.25, 0.3) is 17.6 Å². The number of carbonyl (C=O) groups excluding carboxylic acids is 3. The Bertz CT molecular complexity index is 1110. The quantitative estimate of drug-likeness (QED) is 0.543. The molecule has 2 heterocycles. The normalized spacial score (nSPS) is 14.3. The molecule has 31 heavy (non-hydrogen) atoms. The summed E-state index contributed by atoms with van der Waals surface area (Å²) < 4.78 is 20.2. The smallest absolute Gasteiger partial charge is 0.292 e. The summed E-state index contributed by atoms with van der Waals surface area (Å²) in [4.78, 5) is 38.2. The Balaban J connectivity index is 1.84. The van der Waals surface area contributed by atoms with Gasteiger partial charge in [0.1, 0.15) is 17.6 Å². The number of nitrogens with one attached hydrogen (secondary N) is 2. The molecule has 9 heteroatoms. The Morgan fingerprint density at radius 2 is 1.97 bits per heavy atom. The zero-order chi connectivity index (χ0) is 22.9. The standard InChI is InChI=1S/C22H23FN4O4/c1-11-18(20(28)22(30)25-12(2)15-9-31-10-15)13(3)27(4)19(11)21(29)26-16-5-6-17(23)14(7-16)8-24/h5-7,12,15H,9-10H2,1-4H3,(H,25,30)(H,26,29)/t12-/m1/s1. The van der Waals surface area contributed by atoms with Crippen molar-refractivity contribution in [3.8, 4) is 6.07 Å². The van der Waals surface area contributed by atoms with E-state index in [9.17, 15) is 18.8 Å². The fourth-order valence-corrected chi connectivity index (χ4v) is 3.56. The highest BCUT2D eigenvalue weighted by atomic mass is 19.1. The zero-order valence-electron chi connectivity index (χ0n) is 17.7. The number of ketones is 1. The number of benzene rings is 1. The lowest BCUT2D eigenvalue weighted by atomic mass is 9.99. The minimum absolute atomic E-state index is 0.166. The van der Waals surface area contributed by atoms with Crippen molar-refractivity contribution in [1.82, 2.24) is 9.88 Å². The van der Waals surface area contributed by atoms with Gasteiger partial charge in [0.2, 0.25) is 0 Å². The van der Waals surface area contributed by atoms with Crippen molar-refractivity contribution in [2.75, 3.05) is 18.5 Å². The first kappa shape index (κ1) is 22.2. The maximum absolute atomic E-state index is 13.5. The van der Waals surface area contributed by atoms with Crippen molar-refractivity contribution in [2.45, 2.75) is 26.8 Å². The van der Waals surface area contributed by atoms with E-state index in [4.69, 9.17) is 10.00 Å². The van der Waals surface area contributed by atoms with E-state index in [0.717, 1.165) is 6.07 Å². The number of anilines is 1. The van der Waals surface area contributed by atoms with Crippen LogP contribution in [0.4, 0.5) is 10.1 Å². The zero-order valence-corrected chi connectivity index (χ0v) is 17.7. The van der Waals surface area contributed by atoms with E-state index in [2.05, 4.69) is 10.6 Å². The molecule has 0 spiro atoms. The van der Waals surface area contributed by atoms with Crippen molar-refractivity contribution in [1.29, 1.82) is 5.26 Å². The summed E-state index contributed by atoms with van der Waals surface area (Å²) in [6.45, 7) is 6.15. The maximum atomic E-state index is 13.5. The van der Waals surface area contributed by atoms with Crippen LogP contribution in [0.1, 0.15) is 44.6 Å². The fourth-order valence-electron chi connectivity index (χ4n) is 3.56. The molecular formula is C22H23FN4O4. The first-order valence-corrected chi connectivity index (χ1v) is 9.75. The maximum Gasteiger partial charge on any atom is 0.292 e. The first-order valence-electron chi connectivity index (χ1n) is 9.75. The van der Waals surface area contributed by atoms with E-state index in [1.54, 1.807) is 27.0 Å². The van der Waals surface area contributed by atoms with E-state index in [1.807, 2.05) is 6.92 Å². The van der Waals surface area contributed by atoms with Crippen LogP contribution in [-0.2, 0) is 16.6 Å². The van der Waals surface area contributed by atoms with Gasteiger partial charge < -0.3 is 19.9 Å². The van der Waals surface area contributed by atoms with Crippen molar-refractivity contribution < 1.29 is 23.5 Å². The van der Waals surface area contributed by atoms with Gasteiger partial charge in [-0.15, -0.1) is 0 Å². The molecule has 1 aliphatic heterocycles. The molecule has 1 aliphatic rings. The van der Waals surface area contributed by atoms with Crippen LogP contribution in [0.15, 0.2) is 18.2 Å². The molecular weight excluding hydrogens is 403 g/mol. The average molecular weight is 426 g/mol. The number of hydrogen-bond acceptors (Lipinski definition) is 5. The number of nitriles is 1. The third kappa shape index (κ3) is 4.20. The molecule has 2 amide bonds. The highest BCUT2D eigenvalue weighted by molar-refractivity contribution is 6.43. The lowest BCUT2D eigenvalue weighted by Crippen LogP contribution is -2.48. The second-order valence-corrected chi connectivity index (χ2v) is 7.64. The van der Waals surface area contributed by atoms with Gasteiger partial charge in [-0.1, -0.05) is 0 Å². The topological polar surface area (TPSA) is 113 Å². The fraction of sp³-hybridized carbons (Fsp3) is 0.364. The number of aromatic nitrogens is 1. The SMILES string of the molecule is Cc1c(C(=O)C(=O)N[C@H](C)C2COC2)c(C)n(C)c1C(=O)Nc1ccc(F)c(C#N)c1. The van der Waals surface area contributed by atoms with Crippen LogP contribution in [0.3, 0.4) is 0 Å². The number of halogens is 1. The largest absolute Gasteiger partial charge is 0.381 e. The molecule has 1 fully saturated rings. The molecule has 2 aromatic rings. The lowest BCUT2D eigenvalue weighted by molar-refractivity contribution is -0.119. The number of carbonyl (C=O) groups is 3. The molecule has 0 radical (unpaired) electrons. The Kier molecular flexibility index (Phi) is 6.22. The van der Waals surface area contributed by atoms with E-state index < -0.39 is 23.4 Å². The van der Waals surface area contributed by atoms with Gasteiger partial charge in [-0.25, -0.2) is 4.39 Å².